The average Bonchev–Trinajstić information content (AvgIpc) is 3.22. The van der Waals surface area contributed by atoms with Crippen LogP contribution >= 0.6 is 12.4 Å². The second kappa shape index (κ2) is 9.30. The Morgan fingerprint density at radius 3 is 2.21 bits per heavy atom. The molecule has 4 aromatic rings. The van der Waals surface area contributed by atoms with E-state index in [0.29, 0.717) is 11.5 Å². The van der Waals surface area contributed by atoms with Crippen LogP contribution in [0.2, 0.25) is 0 Å². The maximum absolute atomic E-state index is 12.7. The number of aromatic nitrogens is 3. The fourth-order valence-electron chi connectivity index (χ4n) is 3.71. The van der Waals surface area contributed by atoms with Gasteiger partial charge in [0.1, 0.15) is 6.04 Å². The summed E-state index contributed by atoms with van der Waals surface area (Å²) in [6.45, 7) is 4.06. The predicted molar refractivity (Wildman–Crippen MR) is 134 cm³/mol. The van der Waals surface area contributed by atoms with E-state index in [1.54, 1.807) is 16.8 Å². The molecule has 1 atom stereocenters. The van der Waals surface area contributed by atoms with Gasteiger partial charge in [0.2, 0.25) is 5.95 Å². The lowest BCUT2D eigenvalue weighted by Crippen LogP contribution is -2.20. The third-order valence-corrected chi connectivity index (χ3v) is 5.51. The predicted octanol–water partition coefficient (Wildman–Crippen LogP) is 5.63. The summed E-state index contributed by atoms with van der Waals surface area (Å²) in [5, 5.41) is 10.8. The number of nitrogens with zero attached hydrogens (tertiary/aromatic N) is 3. The van der Waals surface area contributed by atoms with Gasteiger partial charge in [-0.3, -0.25) is 10.1 Å². The molecule has 0 bridgehead atoms. The van der Waals surface area contributed by atoms with Crippen molar-refractivity contribution in [2.45, 2.75) is 19.9 Å². The third kappa shape index (κ3) is 4.66. The lowest BCUT2D eigenvalue weighted by molar-refractivity contribution is 0.102. The molecule has 166 valence electrons. The topological polar surface area (TPSA) is 71.8 Å². The molecule has 1 aromatic heterocycles. The number of fused-ring (bicyclic) bond motifs is 1. The molecule has 1 amide bonds. The first-order chi connectivity index (χ1) is 15.6. The second-order valence-corrected chi connectivity index (χ2v) is 7.95. The molecular weight excluding hydrogens is 434 g/mol. The Morgan fingerprint density at radius 1 is 0.909 bits per heavy atom. The van der Waals surface area contributed by atoms with Crippen molar-refractivity contribution in [1.29, 1.82) is 0 Å². The number of halogens is 1. The molecule has 1 aliphatic rings. The van der Waals surface area contributed by atoms with Gasteiger partial charge >= 0.3 is 0 Å². The van der Waals surface area contributed by atoms with Crippen LogP contribution in [-0.4, -0.2) is 20.7 Å². The van der Waals surface area contributed by atoms with Gasteiger partial charge in [0.15, 0.2) is 0 Å². The van der Waals surface area contributed by atoms with Crippen LogP contribution in [0.1, 0.15) is 38.7 Å². The molecule has 1 aliphatic heterocycles. The Bertz CT molecular complexity index is 1300. The highest BCUT2D eigenvalue weighted by atomic mass is 35.5. The van der Waals surface area contributed by atoms with Crippen LogP contribution in [0.3, 0.4) is 0 Å². The van der Waals surface area contributed by atoms with E-state index < -0.39 is 0 Å². The van der Waals surface area contributed by atoms with E-state index in [9.17, 15) is 4.79 Å². The van der Waals surface area contributed by atoms with Crippen LogP contribution < -0.4 is 10.6 Å². The first-order valence-corrected chi connectivity index (χ1v) is 10.5. The summed E-state index contributed by atoms with van der Waals surface area (Å²) in [4.78, 5) is 17.2. The number of amides is 1. The standard InChI is InChI=1S/C26H23N5O.ClH/c1-17-8-12-19(13-9-17)22-16-23(20-6-4-3-5-7-20)31-26(27-22)29-25(30-31)28-24(32)21-14-10-18(2)11-15-21;/h3-16,23H,1-2H3,(H2,27,28,29,30,32);1H. The molecule has 3 aromatic carbocycles. The average molecular weight is 458 g/mol. The Kier molecular flexibility index (Phi) is 6.29. The third-order valence-electron chi connectivity index (χ3n) is 5.51. The van der Waals surface area contributed by atoms with Crippen molar-refractivity contribution in [1.82, 2.24) is 14.8 Å². The molecule has 0 spiro atoms. The highest BCUT2D eigenvalue weighted by Gasteiger charge is 2.25. The monoisotopic (exact) mass is 457 g/mol. The van der Waals surface area contributed by atoms with E-state index in [-0.39, 0.29) is 30.3 Å². The van der Waals surface area contributed by atoms with Gasteiger partial charge in [-0.1, -0.05) is 77.9 Å². The minimum Gasteiger partial charge on any atom is -0.324 e. The lowest BCUT2D eigenvalue weighted by Gasteiger charge is -2.24. The fourth-order valence-corrected chi connectivity index (χ4v) is 3.71. The molecule has 5 rings (SSSR count). The first-order valence-electron chi connectivity index (χ1n) is 10.5. The smallest absolute Gasteiger partial charge is 0.258 e. The number of aryl methyl sites for hydroxylation is 2. The molecule has 2 N–H and O–H groups in total. The van der Waals surface area contributed by atoms with E-state index in [1.165, 1.54) is 5.56 Å². The number of rotatable bonds is 4. The van der Waals surface area contributed by atoms with Gasteiger partial charge < -0.3 is 5.32 Å². The van der Waals surface area contributed by atoms with Crippen LogP contribution in [0.15, 0.2) is 84.9 Å². The van der Waals surface area contributed by atoms with Crippen LogP contribution in [0, 0.1) is 13.8 Å². The van der Waals surface area contributed by atoms with Gasteiger partial charge in [-0.05, 0) is 43.2 Å². The molecule has 33 heavy (non-hydrogen) atoms. The van der Waals surface area contributed by atoms with Gasteiger partial charge in [0.25, 0.3) is 11.9 Å². The molecule has 1 unspecified atom stereocenters. The zero-order chi connectivity index (χ0) is 22.1. The number of hydrogen-bond acceptors (Lipinski definition) is 4. The number of carbonyl (C=O) groups is 1. The van der Waals surface area contributed by atoms with E-state index in [2.05, 4.69) is 70.1 Å². The molecule has 0 fully saturated rings. The molecule has 0 saturated carbocycles. The van der Waals surface area contributed by atoms with E-state index >= 15 is 0 Å². The summed E-state index contributed by atoms with van der Waals surface area (Å²) in [6.07, 6.45) is 2.13. The fraction of sp³-hybridized carbons (Fsp3) is 0.115. The van der Waals surface area contributed by atoms with E-state index in [1.807, 2.05) is 37.3 Å². The number of allylic oxidation sites excluding steroid dienone is 1. The summed E-state index contributed by atoms with van der Waals surface area (Å²) >= 11 is 0. The Hall–Kier alpha value is -3.90. The van der Waals surface area contributed by atoms with Crippen molar-refractivity contribution in [3.63, 3.8) is 0 Å². The number of carbonyl (C=O) groups excluding carboxylic acids is 1. The zero-order valence-electron chi connectivity index (χ0n) is 18.3. The van der Waals surface area contributed by atoms with Crippen LogP contribution in [0.25, 0.3) is 5.70 Å². The quantitative estimate of drug-likeness (QED) is 0.417. The molecule has 0 aliphatic carbocycles. The molecule has 7 heteroatoms. The number of nitrogens with one attached hydrogen (secondary N) is 2. The van der Waals surface area contributed by atoms with Crippen molar-refractivity contribution in [3.8, 4) is 0 Å². The van der Waals surface area contributed by atoms with Crippen LogP contribution in [0.4, 0.5) is 11.9 Å². The summed E-state index contributed by atoms with van der Waals surface area (Å²) in [7, 11) is 0. The van der Waals surface area contributed by atoms with Crippen molar-refractivity contribution in [2.75, 3.05) is 10.6 Å². The van der Waals surface area contributed by atoms with Crippen molar-refractivity contribution in [2.24, 2.45) is 0 Å². The largest absolute Gasteiger partial charge is 0.324 e. The van der Waals surface area contributed by atoms with Gasteiger partial charge in [0.05, 0.1) is 0 Å². The highest BCUT2D eigenvalue weighted by molar-refractivity contribution is 6.03. The van der Waals surface area contributed by atoms with Gasteiger partial charge in [-0.15, -0.1) is 17.5 Å². The van der Waals surface area contributed by atoms with E-state index in [4.69, 9.17) is 0 Å². The summed E-state index contributed by atoms with van der Waals surface area (Å²) in [6, 6.07) is 25.7. The Labute approximate surface area is 198 Å². The summed E-state index contributed by atoms with van der Waals surface area (Å²) < 4.78 is 1.80. The Balaban J connectivity index is 0.00000259. The van der Waals surface area contributed by atoms with Crippen molar-refractivity contribution in [3.05, 3.63) is 113 Å². The highest BCUT2D eigenvalue weighted by Crippen LogP contribution is 2.33. The minimum absolute atomic E-state index is 0. The Morgan fingerprint density at radius 2 is 1.55 bits per heavy atom. The number of benzene rings is 3. The summed E-state index contributed by atoms with van der Waals surface area (Å²) in [5.41, 5.74) is 5.97. The minimum atomic E-state index is -0.240. The maximum atomic E-state index is 12.7. The number of anilines is 2. The van der Waals surface area contributed by atoms with Gasteiger partial charge in [0, 0.05) is 11.3 Å². The van der Waals surface area contributed by atoms with Gasteiger partial charge in [-0.25, -0.2) is 4.68 Å². The molecular formula is C26H24ClN5O. The molecule has 2 heterocycles. The zero-order valence-corrected chi connectivity index (χ0v) is 19.1. The van der Waals surface area contributed by atoms with E-state index in [0.717, 1.165) is 22.4 Å². The van der Waals surface area contributed by atoms with Crippen LogP contribution in [-0.2, 0) is 0 Å². The summed E-state index contributed by atoms with van der Waals surface area (Å²) in [5.74, 6) is 0.602. The SMILES string of the molecule is Cc1ccc(C(=O)Nc2nc3n(n2)C(c2ccccc2)C=C(c2ccc(C)cc2)N3)cc1.Cl. The van der Waals surface area contributed by atoms with Crippen molar-refractivity contribution < 1.29 is 4.79 Å². The van der Waals surface area contributed by atoms with Gasteiger partial charge in [-0.2, -0.15) is 4.98 Å². The molecule has 0 saturated heterocycles. The lowest BCUT2D eigenvalue weighted by atomic mass is 10.0. The normalized spacial score (nSPS) is 14.4. The van der Waals surface area contributed by atoms with Crippen LogP contribution in [0.5, 0.6) is 0 Å². The second-order valence-electron chi connectivity index (χ2n) is 7.95. The molecule has 6 nitrogen and oxygen atoms in total. The molecule has 0 radical (unpaired) electrons. The maximum Gasteiger partial charge on any atom is 0.258 e. The van der Waals surface area contributed by atoms with Crippen molar-refractivity contribution >= 4 is 35.9 Å². The first kappa shape index (κ1) is 22.3. The number of hydrogen-bond donors (Lipinski definition) is 2.